The molecule has 4 aromatic carbocycles. The van der Waals surface area contributed by atoms with Gasteiger partial charge in [0.1, 0.15) is 5.82 Å². The van der Waals surface area contributed by atoms with Crippen LogP contribution in [0.5, 0.6) is 0 Å². The molecule has 0 fully saturated rings. The number of thiophene rings is 1. The van der Waals surface area contributed by atoms with Gasteiger partial charge in [-0.15, -0.1) is 59.7 Å². The Morgan fingerprint density at radius 2 is 1.56 bits per heavy atom. The maximum atomic E-state index is 14.3. The van der Waals surface area contributed by atoms with Gasteiger partial charge < -0.3 is 9.97 Å². The zero-order chi connectivity index (χ0) is 32.5. The molecular weight excluding hydrogens is 768 g/mol. The molecule has 1 radical (unpaired) electrons. The van der Waals surface area contributed by atoms with E-state index in [0.717, 1.165) is 32.3 Å². The Kier molecular flexibility index (Phi) is 9.36. The van der Waals surface area contributed by atoms with Crippen molar-refractivity contribution in [2.45, 2.75) is 32.9 Å². The number of fused-ring (bicyclic) bond motifs is 3. The zero-order valence-electron chi connectivity index (χ0n) is 27.5. The molecule has 0 amide bonds. The summed E-state index contributed by atoms with van der Waals surface area (Å²) in [6.45, 7) is 9.24. The minimum atomic E-state index is -1.65. The van der Waals surface area contributed by atoms with Crippen molar-refractivity contribution in [1.29, 1.82) is 0 Å². The molecule has 3 heterocycles. The topological polar surface area (TPSA) is 25.8 Å². The van der Waals surface area contributed by atoms with Gasteiger partial charge in [-0.1, -0.05) is 85.2 Å². The van der Waals surface area contributed by atoms with Crippen LogP contribution in [0.3, 0.4) is 0 Å². The smallest absolute Gasteiger partial charge is 0.140 e. The van der Waals surface area contributed by atoms with E-state index in [9.17, 15) is 4.39 Å². The van der Waals surface area contributed by atoms with E-state index in [1.54, 1.807) is 36.5 Å². The molecule has 7 aromatic rings. The van der Waals surface area contributed by atoms with Crippen molar-refractivity contribution in [2.75, 3.05) is 0 Å². The van der Waals surface area contributed by atoms with E-state index >= 15 is 0 Å². The molecule has 7 rings (SSSR count). The van der Waals surface area contributed by atoms with Crippen molar-refractivity contribution in [3.63, 3.8) is 0 Å². The molecule has 0 aliphatic rings. The molecule has 45 heavy (non-hydrogen) atoms. The Labute approximate surface area is 286 Å². The molecule has 227 valence electrons. The molecule has 0 saturated carbocycles. The Hall–Kier alpha value is -3.80. The number of rotatable bonds is 5. The van der Waals surface area contributed by atoms with Crippen LogP contribution >= 0.6 is 11.3 Å². The predicted molar refractivity (Wildman–Crippen MR) is 187 cm³/mol. The third-order valence-corrected chi connectivity index (χ3v) is 10.8. The molecule has 0 unspecified atom stereocenters. The van der Waals surface area contributed by atoms with Crippen LogP contribution in [0.25, 0.3) is 42.7 Å². The normalized spacial score (nSPS) is 12.1. The second-order valence-electron chi connectivity index (χ2n) is 11.6. The van der Waals surface area contributed by atoms with Crippen molar-refractivity contribution < 1.29 is 27.2 Å². The van der Waals surface area contributed by atoms with Crippen molar-refractivity contribution in [3.05, 3.63) is 150 Å². The molecular formula is C39H33FIrN2SSi-2. The predicted octanol–water partition coefficient (Wildman–Crippen LogP) is 10.0. The molecule has 0 atom stereocenters. The van der Waals surface area contributed by atoms with Crippen LogP contribution in [-0.4, -0.2) is 18.0 Å². The number of hydrogen-bond acceptors (Lipinski definition) is 3. The van der Waals surface area contributed by atoms with Crippen LogP contribution < -0.4 is 5.19 Å². The summed E-state index contributed by atoms with van der Waals surface area (Å²) < 4.78 is 33.1. The van der Waals surface area contributed by atoms with E-state index < -0.39 is 14.4 Å². The molecule has 0 saturated heterocycles. The zero-order valence-corrected chi connectivity index (χ0v) is 29.7. The second-order valence-corrected chi connectivity index (χ2v) is 17.7. The first-order valence-corrected chi connectivity index (χ1v) is 18.8. The average Bonchev–Trinajstić information content (AvgIpc) is 3.46. The fraction of sp³-hybridized carbons (Fsp3) is 0.128. The van der Waals surface area contributed by atoms with Crippen LogP contribution in [0.15, 0.2) is 116 Å². The van der Waals surface area contributed by atoms with E-state index in [-0.39, 0.29) is 25.9 Å². The van der Waals surface area contributed by atoms with Crippen LogP contribution in [0.1, 0.15) is 19.4 Å². The van der Waals surface area contributed by atoms with Gasteiger partial charge in [-0.3, -0.25) is 0 Å². The molecule has 0 spiro atoms. The first kappa shape index (κ1) is 29.9. The third kappa shape index (κ3) is 7.37. The quantitative estimate of drug-likeness (QED) is 0.128. The Morgan fingerprint density at radius 1 is 0.778 bits per heavy atom. The fourth-order valence-corrected chi connectivity index (χ4v) is 8.21. The summed E-state index contributed by atoms with van der Waals surface area (Å²) in [4.78, 5) is 9.05. The summed E-state index contributed by atoms with van der Waals surface area (Å²) in [5.41, 5.74) is 5.93. The molecule has 0 N–H and O–H groups in total. The van der Waals surface area contributed by atoms with Gasteiger partial charge in [0.05, 0.1) is 12.8 Å². The van der Waals surface area contributed by atoms with E-state index in [0.29, 0.717) is 21.5 Å². The fourth-order valence-electron chi connectivity index (χ4n) is 5.29. The molecule has 0 bridgehead atoms. The summed E-state index contributed by atoms with van der Waals surface area (Å²) in [5.74, 6) is -0.239. The van der Waals surface area contributed by atoms with Crippen LogP contribution in [-0.2, 0) is 26.5 Å². The first-order valence-electron chi connectivity index (χ1n) is 15.5. The number of benzene rings is 4. The minimum absolute atomic E-state index is 0. The van der Waals surface area contributed by atoms with E-state index in [4.69, 9.17) is 2.74 Å². The van der Waals surface area contributed by atoms with Gasteiger partial charge in [0.25, 0.3) is 0 Å². The number of pyridine rings is 2. The number of aryl methyl sites for hydroxylation is 1. The molecule has 0 aliphatic heterocycles. The van der Waals surface area contributed by atoms with E-state index in [2.05, 4.69) is 67.0 Å². The molecule has 3 aromatic heterocycles. The van der Waals surface area contributed by atoms with Gasteiger partial charge >= 0.3 is 0 Å². The van der Waals surface area contributed by atoms with Gasteiger partial charge in [0.2, 0.25) is 0 Å². The van der Waals surface area contributed by atoms with Gasteiger partial charge in [-0.2, -0.15) is 11.3 Å². The van der Waals surface area contributed by atoms with Crippen molar-refractivity contribution in [2.24, 2.45) is 0 Å². The summed E-state index contributed by atoms with van der Waals surface area (Å²) in [7, 11) is -1.27. The van der Waals surface area contributed by atoms with Gasteiger partial charge in [0, 0.05) is 35.2 Å². The monoisotopic (exact) mass is 803 g/mol. The maximum absolute atomic E-state index is 14.3. The van der Waals surface area contributed by atoms with Crippen molar-refractivity contribution in [1.82, 2.24) is 9.97 Å². The van der Waals surface area contributed by atoms with Crippen LogP contribution in [0.4, 0.5) is 4.39 Å². The molecule has 2 nitrogen and oxygen atoms in total. The summed E-state index contributed by atoms with van der Waals surface area (Å²) >= 11 is 1.38. The van der Waals surface area contributed by atoms with Crippen LogP contribution in [0.2, 0.25) is 19.6 Å². The van der Waals surface area contributed by atoms with Gasteiger partial charge in [-0.05, 0) is 63.2 Å². The maximum Gasteiger partial charge on any atom is 0.140 e. The third-order valence-electron chi connectivity index (χ3n) is 7.39. The SMILES string of the molecule is Cc1cc(-c2[c-]cccc2)ncc1[Si](C)(C)C.[2H]C([2H])(c1ccccc1)c1ccnc(-c2[c-]ccc3c2sc2c(F)cccc23)c1.[Ir]. The summed E-state index contributed by atoms with van der Waals surface area (Å²) in [6, 6.07) is 38.0. The van der Waals surface area contributed by atoms with Gasteiger partial charge in [0.15, 0.2) is 0 Å². The van der Waals surface area contributed by atoms with E-state index in [1.807, 2.05) is 54.6 Å². The molecule has 0 aliphatic carbocycles. The summed E-state index contributed by atoms with van der Waals surface area (Å²) in [5, 5.41) is 3.27. The molecule has 6 heteroatoms. The van der Waals surface area contributed by atoms with Crippen molar-refractivity contribution in [3.8, 4) is 22.5 Å². The number of aromatic nitrogens is 2. The number of halogens is 1. The number of hydrogen-bond donors (Lipinski definition) is 0. The average molecular weight is 803 g/mol. The second kappa shape index (κ2) is 14.1. The minimum Gasteiger partial charge on any atom is -0.305 e. The Morgan fingerprint density at radius 3 is 2.29 bits per heavy atom. The van der Waals surface area contributed by atoms with Gasteiger partial charge in [-0.25, -0.2) is 4.39 Å². The standard InChI is InChI=1S/C24H15FNS.C15H18NSi.Ir/c25-21-11-5-9-19-18-8-4-10-20(23(18)27-24(19)21)22-15-17(12-13-26-22)14-16-6-2-1-3-7-16;1-12-10-14(13-8-6-5-7-9-13)16-11-15(12)17(2,3)4;/h1-9,11-13,15H,14H2;5-8,10-11H,1-4H3;/q2*-1;/i14D2;;. The summed E-state index contributed by atoms with van der Waals surface area (Å²) in [6.07, 6.45) is 2.02. The van der Waals surface area contributed by atoms with Crippen molar-refractivity contribution >= 4 is 44.8 Å². The number of nitrogens with zero attached hydrogens (tertiary/aromatic N) is 2. The largest absolute Gasteiger partial charge is 0.305 e. The Balaban J connectivity index is 0.000000207. The first-order chi connectivity index (χ1) is 22.0. The van der Waals surface area contributed by atoms with Crippen LogP contribution in [0, 0.1) is 24.9 Å². The van der Waals surface area contributed by atoms with E-state index in [1.165, 1.54) is 28.2 Å². The Bertz CT molecular complexity index is 2150.